The molecule has 0 unspecified atom stereocenters. The van der Waals surface area contributed by atoms with E-state index in [1.807, 2.05) is 0 Å². The zero-order chi connectivity index (χ0) is 17.3. The van der Waals surface area contributed by atoms with Crippen molar-refractivity contribution in [2.75, 3.05) is 6.26 Å². The predicted octanol–water partition coefficient (Wildman–Crippen LogP) is 2.74. The van der Waals surface area contributed by atoms with E-state index in [1.54, 1.807) is 13.8 Å². The third kappa shape index (κ3) is 3.70. The number of benzene rings is 1. The summed E-state index contributed by atoms with van der Waals surface area (Å²) in [6, 6.07) is 2.27. The predicted molar refractivity (Wildman–Crippen MR) is 86.0 cm³/mol. The molecule has 0 atom stereocenters. The molecule has 1 aromatic carbocycles. The molecule has 5 nitrogen and oxygen atoms in total. The molecule has 1 rings (SSSR count). The van der Waals surface area contributed by atoms with E-state index >= 15 is 0 Å². The second-order valence-electron chi connectivity index (χ2n) is 5.14. The van der Waals surface area contributed by atoms with Crippen LogP contribution in [0, 0.1) is 6.92 Å². The van der Waals surface area contributed by atoms with Crippen molar-refractivity contribution in [2.45, 2.75) is 48.7 Å². The largest absolute Gasteiger partial charge is 0.276 e. The molecule has 0 heterocycles. The van der Waals surface area contributed by atoms with Gasteiger partial charge in [-0.1, -0.05) is 13.8 Å². The first kappa shape index (κ1) is 19.1. The van der Waals surface area contributed by atoms with Crippen molar-refractivity contribution in [3.63, 3.8) is 0 Å². The van der Waals surface area contributed by atoms with Crippen LogP contribution in [0.1, 0.15) is 42.6 Å². The third-order valence-electron chi connectivity index (χ3n) is 3.56. The van der Waals surface area contributed by atoms with Crippen molar-refractivity contribution in [2.24, 2.45) is 0 Å². The van der Waals surface area contributed by atoms with Gasteiger partial charge in [-0.3, -0.25) is 4.79 Å². The lowest BCUT2D eigenvalue weighted by atomic mass is 10.1. The Morgan fingerprint density at radius 1 is 1.09 bits per heavy atom. The van der Waals surface area contributed by atoms with Crippen LogP contribution >= 0.6 is 11.6 Å². The molecule has 0 fully saturated rings. The Morgan fingerprint density at radius 3 is 1.95 bits per heavy atom. The van der Waals surface area contributed by atoms with Crippen molar-refractivity contribution in [1.29, 1.82) is 0 Å². The standard InChI is InChI=1S/C14H19ClO5S2/c1-5-10(6-2)22(19,20)13-7-9(3)11(14(15)16)8-12(13)21(4,17)18/h7-8,10H,5-6H2,1-4H3. The van der Waals surface area contributed by atoms with Crippen LogP contribution in [0.5, 0.6) is 0 Å². The zero-order valence-corrected chi connectivity index (χ0v) is 15.3. The van der Waals surface area contributed by atoms with Gasteiger partial charge in [-0.05, 0) is 49.1 Å². The van der Waals surface area contributed by atoms with Crippen molar-refractivity contribution >= 4 is 36.5 Å². The maximum atomic E-state index is 12.7. The molecule has 0 saturated carbocycles. The van der Waals surface area contributed by atoms with E-state index < -0.39 is 30.2 Å². The summed E-state index contributed by atoms with van der Waals surface area (Å²) in [5.74, 6) is 0. The quantitative estimate of drug-likeness (QED) is 0.722. The van der Waals surface area contributed by atoms with Gasteiger partial charge in [-0.15, -0.1) is 0 Å². The molecule has 22 heavy (non-hydrogen) atoms. The van der Waals surface area contributed by atoms with Gasteiger partial charge in [0.25, 0.3) is 5.24 Å². The highest BCUT2D eigenvalue weighted by molar-refractivity contribution is 7.94. The highest BCUT2D eigenvalue weighted by atomic mass is 35.5. The molecule has 0 aliphatic rings. The maximum absolute atomic E-state index is 12.7. The molecule has 124 valence electrons. The number of carbonyl (C=O) groups is 1. The molecule has 8 heteroatoms. The molecule has 1 aromatic rings. The minimum absolute atomic E-state index is 0.00871. The molecule has 0 radical (unpaired) electrons. The summed E-state index contributed by atoms with van der Waals surface area (Å²) in [7, 11) is -7.64. The highest BCUT2D eigenvalue weighted by Crippen LogP contribution is 2.30. The SMILES string of the molecule is CCC(CC)S(=O)(=O)c1cc(C)c(C(=O)Cl)cc1S(C)(=O)=O. The van der Waals surface area contributed by atoms with Gasteiger partial charge in [0, 0.05) is 11.8 Å². The monoisotopic (exact) mass is 366 g/mol. The number of halogens is 1. The number of hydrogen-bond acceptors (Lipinski definition) is 5. The van der Waals surface area contributed by atoms with E-state index in [0.29, 0.717) is 18.4 Å². The molecule has 0 aliphatic heterocycles. The normalized spacial score (nSPS) is 12.6. The lowest BCUT2D eigenvalue weighted by Crippen LogP contribution is -2.22. The van der Waals surface area contributed by atoms with E-state index in [1.165, 1.54) is 13.0 Å². The number of sulfone groups is 2. The van der Waals surface area contributed by atoms with Crippen molar-refractivity contribution in [3.8, 4) is 0 Å². The topological polar surface area (TPSA) is 85.3 Å². The Kier molecular flexibility index (Phi) is 5.81. The molecule has 0 amide bonds. The Morgan fingerprint density at radius 2 is 1.59 bits per heavy atom. The van der Waals surface area contributed by atoms with Gasteiger partial charge in [-0.2, -0.15) is 0 Å². The molecule has 0 spiro atoms. The van der Waals surface area contributed by atoms with Crippen molar-refractivity contribution in [3.05, 3.63) is 23.3 Å². The zero-order valence-electron chi connectivity index (χ0n) is 12.9. The third-order valence-corrected chi connectivity index (χ3v) is 7.52. The van der Waals surface area contributed by atoms with Crippen LogP contribution in [-0.2, 0) is 19.7 Å². The van der Waals surface area contributed by atoms with Crippen LogP contribution in [0.3, 0.4) is 0 Å². The smallest absolute Gasteiger partial charge is 0.252 e. The summed E-state index contributed by atoms with van der Waals surface area (Å²) < 4.78 is 49.4. The summed E-state index contributed by atoms with van der Waals surface area (Å²) in [5.41, 5.74) is 0.322. The minimum Gasteiger partial charge on any atom is -0.276 e. The summed E-state index contributed by atoms with van der Waals surface area (Å²) in [5, 5.41) is -1.50. The molecule has 0 N–H and O–H groups in total. The van der Waals surface area contributed by atoms with Crippen LogP contribution in [0.15, 0.2) is 21.9 Å². The van der Waals surface area contributed by atoms with Gasteiger partial charge in [-0.25, -0.2) is 16.8 Å². The van der Waals surface area contributed by atoms with Gasteiger partial charge in [0.15, 0.2) is 19.7 Å². The second kappa shape index (κ2) is 6.68. The summed E-state index contributed by atoms with van der Waals surface area (Å²) in [6.45, 7) is 4.98. The first-order chi connectivity index (χ1) is 9.96. The fourth-order valence-corrected chi connectivity index (χ4v) is 5.97. The van der Waals surface area contributed by atoms with Crippen LogP contribution in [0.25, 0.3) is 0 Å². The van der Waals surface area contributed by atoms with Crippen molar-refractivity contribution in [1.82, 2.24) is 0 Å². The Bertz CT molecular complexity index is 791. The average molecular weight is 367 g/mol. The second-order valence-corrected chi connectivity index (χ2v) is 9.67. The van der Waals surface area contributed by atoms with Crippen LogP contribution in [0.4, 0.5) is 0 Å². The number of hydrogen-bond donors (Lipinski definition) is 0. The van der Waals surface area contributed by atoms with Crippen LogP contribution in [-0.4, -0.2) is 33.6 Å². The molecule has 0 saturated heterocycles. The van der Waals surface area contributed by atoms with E-state index in [2.05, 4.69) is 0 Å². The molecular weight excluding hydrogens is 348 g/mol. The molecule has 0 aliphatic carbocycles. The van der Waals surface area contributed by atoms with Crippen molar-refractivity contribution < 1.29 is 21.6 Å². The van der Waals surface area contributed by atoms with E-state index in [4.69, 9.17) is 11.6 Å². The minimum atomic E-state index is -3.83. The van der Waals surface area contributed by atoms with Gasteiger partial charge in [0.05, 0.1) is 15.0 Å². The number of aryl methyl sites for hydroxylation is 1. The van der Waals surface area contributed by atoms with Crippen LogP contribution in [0.2, 0.25) is 0 Å². The number of carbonyl (C=O) groups excluding carboxylic acids is 1. The Balaban J connectivity index is 3.83. The van der Waals surface area contributed by atoms with Gasteiger partial charge >= 0.3 is 0 Å². The lowest BCUT2D eigenvalue weighted by molar-refractivity contribution is 0.108. The molecule has 0 aromatic heterocycles. The van der Waals surface area contributed by atoms with E-state index in [0.717, 1.165) is 12.3 Å². The van der Waals surface area contributed by atoms with Gasteiger partial charge < -0.3 is 0 Å². The fraction of sp³-hybridized carbons (Fsp3) is 0.500. The fourth-order valence-electron chi connectivity index (χ4n) is 2.29. The first-order valence-corrected chi connectivity index (χ1v) is 10.6. The Hall–Kier alpha value is -0.920. The summed E-state index contributed by atoms with van der Waals surface area (Å²) in [4.78, 5) is 10.7. The Labute approximate surface area is 136 Å². The molecule has 0 bridgehead atoms. The summed E-state index contributed by atoms with van der Waals surface area (Å²) >= 11 is 5.43. The molecular formula is C14H19ClO5S2. The number of rotatable bonds is 6. The van der Waals surface area contributed by atoms with Gasteiger partial charge in [0.2, 0.25) is 0 Å². The van der Waals surface area contributed by atoms with E-state index in [9.17, 15) is 21.6 Å². The van der Waals surface area contributed by atoms with E-state index in [-0.39, 0.29) is 15.4 Å². The average Bonchev–Trinajstić information content (AvgIpc) is 2.37. The highest BCUT2D eigenvalue weighted by Gasteiger charge is 2.31. The summed E-state index contributed by atoms with van der Waals surface area (Å²) in [6.07, 6.45) is 1.65. The van der Waals surface area contributed by atoms with Crippen LogP contribution < -0.4 is 0 Å². The van der Waals surface area contributed by atoms with Gasteiger partial charge in [0.1, 0.15) is 0 Å². The lowest BCUT2D eigenvalue weighted by Gasteiger charge is -2.17. The maximum Gasteiger partial charge on any atom is 0.252 e. The first-order valence-electron chi connectivity index (χ1n) is 6.75.